The highest BCUT2D eigenvalue weighted by Crippen LogP contribution is 2.29. The number of hydrogen-bond acceptors (Lipinski definition) is 5. The van der Waals surface area contributed by atoms with Crippen LogP contribution in [0, 0.1) is 5.92 Å². The van der Waals surface area contributed by atoms with Crippen molar-refractivity contribution in [1.82, 2.24) is 10.3 Å². The minimum absolute atomic E-state index is 0.0192. The number of rotatable bonds is 6. The van der Waals surface area contributed by atoms with E-state index in [0.29, 0.717) is 5.92 Å². The fourth-order valence-corrected chi connectivity index (χ4v) is 3.76. The fraction of sp³-hybridized carbons (Fsp3) is 0.368. The van der Waals surface area contributed by atoms with E-state index >= 15 is 0 Å². The van der Waals surface area contributed by atoms with Gasteiger partial charge in [-0.2, -0.15) is 0 Å². The Morgan fingerprint density at radius 3 is 3.00 bits per heavy atom. The molecule has 5 heteroatoms. The van der Waals surface area contributed by atoms with Gasteiger partial charge in [0.25, 0.3) is 0 Å². The quantitative estimate of drug-likeness (QED) is 0.842. The Bertz CT molecular complexity index is 757. The summed E-state index contributed by atoms with van der Waals surface area (Å²) in [6, 6.07) is 10.4. The minimum Gasteiger partial charge on any atom is -0.395 e. The number of nitrogens with one attached hydrogen (secondary N) is 1. The van der Waals surface area contributed by atoms with Crippen LogP contribution < -0.4 is 5.32 Å². The SMILES string of the molecule is CC(C)C[C@H](CO)NC1N=C/C(=C/c2ccc3ncccc3c2)S1. The van der Waals surface area contributed by atoms with Gasteiger partial charge in [-0.1, -0.05) is 37.7 Å². The molecule has 4 nitrogen and oxygen atoms in total. The predicted octanol–water partition coefficient (Wildman–Crippen LogP) is 3.67. The number of aliphatic hydroxyl groups excluding tert-OH is 1. The minimum atomic E-state index is -0.0192. The third-order valence-corrected chi connectivity index (χ3v) is 4.85. The van der Waals surface area contributed by atoms with Crippen molar-refractivity contribution in [2.24, 2.45) is 10.9 Å². The van der Waals surface area contributed by atoms with E-state index in [4.69, 9.17) is 0 Å². The van der Waals surface area contributed by atoms with Gasteiger partial charge in [0.05, 0.1) is 12.1 Å². The number of aliphatic imine (C=N–C) groups is 1. The molecule has 2 atom stereocenters. The summed E-state index contributed by atoms with van der Waals surface area (Å²) in [7, 11) is 0. The van der Waals surface area contributed by atoms with Gasteiger partial charge in [0.2, 0.25) is 0 Å². The molecule has 126 valence electrons. The monoisotopic (exact) mass is 341 g/mol. The van der Waals surface area contributed by atoms with Gasteiger partial charge in [0.1, 0.15) is 0 Å². The molecular formula is C19H23N3OS. The second kappa shape index (κ2) is 7.92. The van der Waals surface area contributed by atoms with E-state index in [1.54, 1.807) is 11.8 Å². The van der Waals surface area contributed by atoms with Crippen molar-refractivity contribution < 1.29 is 5.11 Å². The molecule has 0 amide bonds. The number of thioether (sulfide) groups is 1. The lowest BCUT2D eigenvalue weighted by atomic mass is 10.0. The lowest BCUT2D eigenvalue weighted by Gasteiger charge is -2.20. The summed E-state index contributed by atoms with van der Waals surface area (Å²) in [4.78, 5) is 9.97. The van der Waals surface area contributed by atoms with Crippen molar-refractivity contribution in [2.45, 2.75) is 31.8 Å². The first kappa shape index (κ1) is 17.1. The van der Waals surface area contributed by atoms with Crippen LogP contribution in [-0.4, -0.2) is 34.5 Å². The van der Waals surface area contributed by atoms with Crippen LogP contribution in [-0.2, 0) is 0 Å². The van der Waals surface area contributed by atoms with E-state index in [2.05, 4.69) is 53.4 Å². The first-order valence-electron chi connectivity index (χ1n) is 8.27. The highest BCUT2D eigenvalue weighted by molar-refractivity contribution is 8.04. The van der Waals surface area contributed by atoms with Crippen molar-refractivity contribution in [1.29, 1.82) is 0 Å². The average molecular weight is 341 g/mol. The zero-order valence-electron chi connectivity index (χ0n) is 14.0. The third kappa shape index (κ3) is 4.44. The van der Waals surface area contributed by atoms with Crippen LogP contribution in [0.4, 0.5) is 0 Å². The van der Waals surface area contributed by atoms with Crippen molar-refractivity contribution >= 4 is 35.0 Å². The highest BCUT2D eigenvalue weighted by atomic mass is 32.2. The Kier molecular flexibility index (Phi) is 5.66. The van der Waals surface area contributed by atoms with Crippen LogP contribution in [0.3, 0.4) is 0 Å². The number of benzene rings is 1. The summed E-state index contributed by atoms with van der Waals surface area (Å²) >= 11 is 1.68. The first-order chi connectivity index (χ1) is 11.6. The predicted molar refractivity (Wildman–Crippen MR) is 103 cm³/mol. The highest BCUT2D eigenvalue weighted by Gasteiger charge is 2.20. The molecule has 0 bridgehead atoms. The summed E-state index contributed by atoms with van der Waals surface area (Å²) in [5.41, 5.74) is 2.13. The molecule has 24 heavy (non-hydrogen) atoms. The molecule has 3 rings (SSSR count). The molecule has 1 aromatic carbocycles. The number of pyridine rings is 1. The number of nitrogens with zero attached hydrogens (tertiary/aromatic N) is 2. The van der Waals surface area contributed by atoms with Crippen LogP contribution in [0.5, 0.6) is 0 Å². The molecule has 0 spiro atoms. The standard InChI is InChI=1S/C19H23N3OS/c1-13(2)8-16(12-23)22-19-21-11-17(24-19)10-14-5-6-18-15(9-14)4-3-7-20-18/h3-7,9-11,13,16,19,22-23H,8,12H2,1-2H3/b17-10-/t16-,19?/m1/s1. The first-order valence-corrected chi connectivity index (χ1v) is 9.15. The molecular weight excluding hydrogens is 318 g/mol. The average Bonchev–Trinajstić information content (AvgIpc) is 3.00. The summed E-state index contributed by atoms with van der Waals surface area (Å²) in [5, 5.41) is 14.0. The van der Waals surface area contributed by atoms with E-state index in [1.807, 2.05) is 24.5 Å². The zero-order valence-corrected chi connectivity index (χ0v) is 14.8. The molecule has 0 saturated carbocycles. The Morgan fingerprint density at radius 1 is 1.33 bits per heavy atom. The molecule has 0 saturated heterocycles. The molecule has 2 N–H and O–H groups in total. The third-order valence-electron chi connectivity index (χ3n) is 3.88. The normalized spacial score (nSPS) is 20.3. The van der Waals surface area contributed by atoms with Crippen molar-refractivity contribution in [2.75, 3.05) is 6.61 Å². The molecule has 2 heterocycles. The number of aliphatic hydroxyl groups is 1. The van der Waals surface area contributed by atoms with Gasteiger partial charge in [0, 0.05) is 28.7 Å². The van der Waals surface area contributed by atoms with Gasteiger partial charge < -0.3 is 5.11 Å². The number of aromatic nitrogens is 1. The number of allylic oxidation sites excluding steroid dienone is 1. The van der Waals surface area contributed by atoms with Gasteiger partial charge in [-0.05, 0) is 42.2 Å². The molecule has 1 aliphatic heterocycles. The molecule has 2 aromatic rings. The van der Waals surface area contributed by atoms with Gasteiger partial charge in [-0.3, -0.25) is 15.3 Å². The van der Waals surface area contributed by atoms with Crippen molar-refractivity contribution in [3.05, 3.63) is 47.0 Å². The topological polar surface area (TPSA) is 57.5 Å². The van der Waals surface area contributed by atoms with Gasteiger partial charge in [-0.25, -0.2) is 0 Å². The van der Waals surface area contributed by atoms with Crippen LogP contribution in [0.1, 0.15) is 25.8 Å². The second-order valence-corrected chi connectivity index (χ2v) is 7.58. The summed E-state index contributed by atoms with van der Waals surface area (Å²) in [5.74, 6) is 0.547. The molecule has 1 unspecified atom stereocenters. The fourth-order valence-electron chi connectivity index (χ4n) is 2.79. The Labute approximate surface area is 147 Å². The van der Waals surface area contributed by atoms with Gasteiger partial charge in [-0.15, -0.1) is 0 Å². The molecule has 0 fully saturated rings. The molecule has 0 aliphatic carbocycles. The van der Waals surface area contributed by atoms with Crippen molar-refractivity contribution in [3.8, 4) is 0 Å². The van der Waals surface area contributed by atoms with E-state index in [1.165, 1.54) is 0 Å². The van der Waals surface area contributed by atoms with Crippen molar-refractivity contribution in [3.63, 3.8) is 0 Å². The maximum absolute atomic E-state index is 9.49. The maximum atomic E-state index is 9.49. The summed E-state index contributed by atoms with van der Waals surface area (Å²) < 4.78 is 0. The zero-order chi connectivity index (χ0) is 16.9. The van der Waals surface area contributed by atoms with Crippen LogP contribution in [0.25, 0.3) is 17.0 Å². The van der Waals surface area contributed by atoms with E-state index < -0.39 is 0 Å². The molecule has 0 radical (unpaired) electrons. The summed E-state index contributed by atoms with van der Waals surface area (Å²) in [6.07, 6.45) is 6.79. The van der Waals surface area contributed by atoms with E-state index in [9.17, 15) is 5.11 Å². The van der Waals surface area contributed by atoms with Gasteiger partial charge in [0.15, 0.2) is 5.50 Å². The van der Waals surface area contributed by atoms with E-state index in [0.717, 1.165) is 27.8 Å². The van der Waals surface area contributed by atoms with E-state index in [-0.39, 0.29) is 18.1 Å². The number of fused-ring (bicyclic) bond motifs is 1. The lowest BCUT2D eigenvalue weighted by molar-refractivity contribution is 0.223. The Morgan fingerprint density at radius 2 is 2.21 bits per heavy atom. The van der Waals surface area contributed by atoms with Crippen LogP contribution in [0.2, 0.25) is 0 Å². The Hall–Kier alpha value is -1.69. The van der Waals surface area contributed by atoms with Gasteiger partial charge >= 0.3 is 0 Å². The van der Waals surface area contributed by atoms with Crippen LogP contribution >= 0.6 is 11.8 Å². The number of hydrogen-bond donors (Lipinski definition) is 2. The lowest BCUT2D eigenvalue weighted by Crippen LogP contribution is -2.38. The smallest absolute Gasteiger partial charge is 0.151 e. The molecule has 1 aromatic heterocycles. The largest absolute Gasteiger partial charge is 0.395 e. The Balaban J connectivity index is 1.66. The van der Waals surface area contributed by atoms with Crippen LogP contribution in [0.15, 0.2) is 46.4 Å². The summed E-state index contributed by atoms with van der Waals surface area (Å²) in [6.45, 7) is 4.46. The maximum Gasteiger partial charge on any atom is 0.151 e. The molecule has 1 aliphatic rings. The second-order valence-electron chi connectivity index (χ2n) is 6.43.